The molecule has 3 fully saturated rings. The summed E-state index contributed by atoms with van der Waals surface area (Å²) in [6.07, 6.45) is 16.5. The van der Waals surface area contributed by atoms with Gasteiger partial charge in [-0.1, -0.05) is 50.7 Å². The number of carbonyl (C=O) groups excluding carboxylic acids is 1. The average Bonchev–Trinajstić information content (AvgIpc) is 2.85. The van der Waals surface area contributed by atoms with Gasteiger partial charge in [0.2, 0.25) is 5.91 Å². The number of carbonyl (C=O) groups is 2. The van der Waals surface area contributed by atoms with Crippen LogP contribution in [0.5, 0.6) is 0 Å². The highest BCUT2D eigenvalue weighted by Gasteiger charge is 2.39. The second-order valence-electron chi connectivity index (χ2n) is 10.1. The number of aliphatic imine (C=N–C) groups is 1. The number of rotatable bonds is 6. The van der Waals surface area contributed by atoms with Crippen LogP contribution in [0.3, 0.4) is 0 Å². The Hall–Kier alpha value is -2.17. The van der Waals surface area contributed by atoms with Gasteiger partial charge in [-0.05, 0) is 68.1 Å². The highest BCUT2D eigenvalue weighted by molar-refractivity contribution is 5.89. The number of benzene rings is 1. The molecule has 5 heteroatoms. The van der Waals surface area contributed by atoms with Crippen LogP contribution in [-0.4, -0.2) is 47.2 Å². The summed E-state index contributed by atoms with van der Waals surface area (Å²) in [6.45, 7) is 1.63. The standard InChI is InChI=1S/C27H38N2O3/c30-26(25(21-7-3-1-4-8-21)22-9-5-2-6-10-22)29-17-15-24(16-18-29)28-19-20-11-13-23(14-12-20)27(31)32/h11-14,19,21-22,24-25H,1-10,15-18H2,(H,31,32). The molecule has 0 spiro atoms. The van der Waals surface area contributed by atoms with Crippen molar-refractivity contribution >= 4 is 18.1 Å². The molecule has 1 saturated heterocycles. The summed E-state index contributed by atoms with van der Waals surface area (Å²) < 4.78 is 0. The van der Waals surface area contributed by atoms with Crippen LogP contribution in [0.15, 0.2) is 29.3 Å². The molecule has 1 N–H and O–H groups in total. The van der Waals surface area contributed by atoms with Gasteiger partial charge in [0.25, 0.3) is 0 Å². The average molecular weight is 439 g/mol. The first kappa shape index (κ1) is 23.0. The predicted molar refractivity (Wildman–Crippen MR) is 127 cm³/mol. The normalized spacial score (nSPS) is 22.0. The number of amides is 1. The van der Waals surface area contributed by atoms with Gasteiger partial charge in [0.15, 0.2) is 0 Å². The van der Waals surface area contributed by atoms with E-state index in [4.69, 9.17) is 10.1 Å². The zero-order valence-corrected chi connectivity index (χ0v) is 19.3. The van der Waals surface area contributed by atoms with Crippen LogP contribution in [0.2, 0.25) is 0 Å². The van der Waals surface area contributed by atoms with E-state index in [-0.39, 0.29) is 12.0 Å². The fourth-order valence-electron chi connectivity index (χ4n) is 6.12. The fraction of sp³-hybridized carbons (Fsp3) is 0.667. The van der Waals surface area contributed by atoms with Crippen molar-refractivity contribution < 1.29 is 14.7 Å². The van der Waals surface area contributed by atoms with Gasteiger partial charge in [-0.25, -0.2) is 4.79 Å². The number of nitrogens with zero attached hydrogens (tertiary/aromatic N) is 2. The molecule has 2 saturated carbocycles. The van der Waals surface area contributed by atoms with Crippen molar-refractivity contribution in [1.29, 1.82) is 0 Å². The van der Waals surface area contributed by atoms with Gasteiger partial charge in [-0.2, -0.15) is 0 Å². The zero-order chi connectivity index (χ0) is 22.3. The van der Waals surface area contributed by atoms with Crippen molar-refractivity contribution in [2.75, 3.05) is 13.1 Å². The van der Waals surface area contributed by atoms with Crippen molar-refractivity contribution in [3.8, 4) is 0 Å². The molecule has 1 heterocycles. The van der Waals surface area contributed by atoms with E-state index in [9.17, 15) is 9.59 Å². The summed E-state index contributed by atoms with van der Waals surface area (Å²) >= 11 is 0. The van der Waals surface area contributed by atoms with Crippen molar-refractivity contribution in [2.24, 2.45) is 22.7 Å². The maximum atomic E-state index is 13.7. The lowest BCUT2D eigenvalue weighted by atomic mass is 9.69. The summed E-state index contributed by atoms with van der Waals surface area (Å²) in [4.78, 5) is 31.6. The van der Waals surface area contributed by atoms with Gasteiger partial charge in [-0.15, -0.1) is 0 Å². The van der Waals surface area contributed by atoms with E-state index in [1.165, 1.54) is 64.2 Å². The Labute approximate surface area is 192 Å². The van der Waals surface area contributed by atoms with Crippen molar-refractivity contribution in [3.05, 3.63) is 35.4 Å². The van der Waals surface area contributed by atoms with Crippen LogP contribution < -0.4 is 0 Å². The van der Waals surface area contributed by atoms with E-state index in [2.05, 4.69) is 4.90 Å². The van der Waals surface area contributed by atoms with E-state index < -0.39 is 5.97 Å². The number of piperidine rings is 1. The molecule has 1 amide bonds. The molecule has 0 aromatic heterocycles. The van der Waals surface area contributed by atoms with Crippen LogP contribution in [0.4, 0.5) is 0 Å². The number of hydrogen-bond acceptors (Lipinski definition) is 3. The number of carboxylic acids is 1. The maximum Gasteiger partial charge on any atom is 0.335 e. The quantitative estimate of drug-likeness (QED) is 0.590. The summed E-state index contributed by atoms with van der Waals surface area (Å²) in [7, 11) is 0. The van der Waals surface area contributed by atoms with Crippen molar-refractivity contribution in [2.45, 2.75) is 83.1 Å². The summed E-state index contributed by atoms with van der Waals surface area (Å²) in [6, 6.07) is 7.05. The van der Waals surface area contributed by atoms with Gasteiger partial charge in [0.1, 0.15) is 0 Å². The molecule has 1 aliphatic heterocycles. The van der Waals surface area contributed by atoms with Crippen molar-refractivity contribution in [1.82, 2.24) is 4.90 Å². The first-order valence-corrected chi connectivity index (χ1v) is 12.8. The van der Waals surface area contributed by atoms with Gasteiger partial charge >= 0.3 is 5.97 Å². The van der Waals surface area contributed by atoms with E-state index in [1.54, 1.807) is 24.3 Å². The third-order valence-corrected chi connectivity index (χ3v) is 7.97. The third-order valence-electron chi connectivity index (χ3n) is 7.97. The number of hydrogen-bond donors (Lipinski definition) is 1. The number of carboxylic acid groups (broad SMARTS) is 1. The lowest BCUT2D eigenvalue weighted by Crippen LogP contribution is -2.47. The second kappa shape index (κ2) is 11.1. The first-order chi connectivity index (χ1) is 15.6. The lowest BCUT2D eigenvalue weighted by Gasteiger charge is -2.41. The van der Waals surface area contributed by atoms with Gasteiger partial charge < -0.3 is 10.0 Å². The third kappa shape index (κ3) is 5.79. The second-order valence-corrected chi connectivity index (χ2v) is 10.1. The van der Waals surface area contributed by atoms with E-state index >= 15 is 0 Å². The molecule has 0 unspecified atom stereocenters. The predicted octanol–water partition coefficient (Wildman–Crippen LogP) is 5.57. The minimum Gasteiger partial charge on any atom is -0.478 e. The Morgan fingerprint density at radius 1 is 0.844 bits per heavy atom. The van der Waals surface area contributed by atoms with Gasteiger partial charge in [0, 0.05) is 25.2 Å². The molecule has 1 aromatic carbocycles. The molecule has 174 valence electrons. The smallest absolute Gasteiger partial charge is 0.335 e. The Morgan fingerprint density at radius 2 is 1.38 bits per heavy atom. The van der Waals surface area contributed by atoms with Crippen LogP contribution in [0.1, 0.15) is 93.0 Å². The largest absolute Gasteiger partial charge is 0.478 e. The molecule has 5 nitrogen and oxygen atoms in total. The molecular weight excluding hydrogens is 400 g/mol. The van der Waals surface area contributed by atoms with E-state index in [0.29, 0.717) is 23.3 Å². The fourth-order valence-corrected chi connectivity index (χ4v) is 6.12. The minimum absolute atomic E-state index is 0.237. The molecule has 4 rings (SSSR count). The number of aromatic carboxylic acids is 1. The molecule has 0 radical (unpaired) electrons. The highest BCUT2D eigenvalue weighted by Crippen LogP contribution is 2.41. The zero-order valence-electron chi connectivity index (χ0n) is 19.3. The van der Waals surface area contributed by atoms with Crippen LogP contribution in [-0.2, 0) is 4.79 Å². The lowest BCUT2D eigenvalue weighted by molar-refractivity contribution is -0.142. The monoisotopic (exact) mass is 438 g/mol. The molecular formula is C27H38N2O3. The topological polar surface area (TPSA) is 70.0 Å². The molecule has 2 aliphatic carbocycles. The Balaban J connectivity index is 1.34. The Kier molecular flexibility index (Phi) is 7.99. The first-order valence-electron chi connectivity index (χ1n) is 12.8. The SMILES string of the molecule is O=C(O)c1ccc(C=NC2CCN(C(=O)C(C3CCCCC3)C3CCCCC3)CC2)cc1. The molecule has 0 bridgehead atoms. The van der Waals surface area contributed by atoms with Crippen LogP contribution >= 0.6 is 0 Å². The summed E-state index contributed by atoms with van der Waals surface area (Å²) in [5.74, 6) is 0.983. The highest BCUT2D eigenvalue weighted by atomic mass is 16.4. The van der Waals surface area contributed by atoms with E-state index in [1.807, 2.05) is 6.21 Å². The molecule has 32 heavy (non-hydrogen) atoms. The Morgan fingerprint density at radius 3 is 1.88 bits per heavy atom. The maximum absolute atomic E-state index is 13.7. The van der Waals surface area contributed by atoms with Gasteiger partial charge in [0.05, 0.1) is 11.6 Å². The molecule has 0 atom stereocenters. The molecule has 3 aliphatic rings. The minimum atomic E-state index is -0.912. The number of likely N-dealkylation sites (tertiary alicyclic amines) is 1. The molecule has 1 aromatic rings. The summed E-state index contributed by atoms with van der Waals surface area (Å²) in [5.41, 5.74) is 1.21. The van der Waals surface area contributed by atoms with Crippen molar-refractivity contribution in [3.63, 3.8) is 0 Å². The Bertz CT molecular complexity index is 766. The van der Waals surface area contributed by atoms with Gasteiger partial charge in [-0.3, -0.25) is 9.79 Å². The van der Waals surface area contributed by atoms with Crippen LogP contribution in [0.25, 0.3) is 0 Å². The van der Waals surface area contributed by atoms with Crippen LogP contribution in [0, 0.1) is 17.8 Å². The van der Waals surface area contributed by atoms with E-state index in [0.717, 1.165) is 31.5 Å². The summed E-state index contributed by atoms with van der Waals surface area (Å²) in [5, 5.41) is 9.02.